The van der Waals surface area contributed by atoms with Crippen LogP contribution in [-0.4, -0.2) is 32.3 Å². The lowest BCUT2D eigenvalue weighted by atomic mass is 10.2. The minimum Gasteiger partial charge on any atom is -0.468 e. The Kier molecular flexibility index (Phi) is 4.02. The summed E-state index contributed by atoms with van der Waals surface area (Å²) in [4.78, 5) is 22.2. The summed E-state index contributed by atoms with van der Waals surface area (Å²) in [5.74, 6) is 0.470. The van der Waals surface area contributed by atoms with E-state index in [1.165, 1.54) is 13.2 Å². The third-order valence-corrected chi connectivity index (χ3v) is 2.46. The van der Waals surface area contributed by atoms with E-state index in [0.29, 0.717) is 11.5 Å². The van der Waals surface area contributed by atoms with Gasteiger partial charge in [-0.2, -0.15) is 0 Å². The molecule has 0 fully saturated rings. The van der Waals surface area contributed by atoms with Gasteiger partial charge in [0.2, 0.25) is 12.7 Å². The van der Waals surface area contributed by atoms with Gasteiger partial charge in [-0.3, -0.25) is 9.59 Å². The van der Waals surface area contributed by atoms with Crippen molar-refractivity contribution >= 4 is 18.0 Å². The summed E-state index contributed by atoms with van der Waals surface area (Å²) in [7, 11) is 1.26. The molecule has 6 nitrogen and oxygen atoms in total. The number of hydrogen-bond acceptors (Lipinski definition) is 5. The molecule has 0 spiro atoms. The molecule has 1 amide bonds. The van der Waals surface area contributed by atoms with Crippen LogP contribution >= 0.6 is 0 Å². The Hall–Kier alpha value is -2.50. The molecule has 0 saturated carbocycles. The molecule has 1 aliphatic heterocycles. The molecule has 1 heterocycles. The van der Waals surface area contributed by atoms with Crippen LogP contribution in [0.15, 0.2) is 24.3 Å². The van der Waals surface area contributed by atoms with E-state index in [4.69, 9.17) is 9.47 Å². The number of nitrogens with one attached hydrogen (secondary N) is 1. The maximum atomic E-state index is 11.4. The van der Waals surface area contributed by atoms with Gasteiger partial charge in [0.1, 0.15) is 6.54 Å². The van der Waals surface area contributed by atoms with Crippen LogP contribution in [0.3, 0.4) is 0 Å². The molecule has 0 saturated heterocycles. The number of rotatable bonds is 4. The van der Waals surface area contributed by atoms with E-state index in [1.54, 1.807) is 24.3 Å². The van der Waals surface area contributed by atoms with Gasteiger partial charge in [0.15, 0.2) is 11.5 Å². The molecule has 100 valence electrons. The third kappa shape index (κ3) is 3.48. The topological polar surface area (TPSA) is 73.9 Å². The molecule has 1 aromatic carbocycles. The van der Waals surface area contributed by atoms with E-state index >= 15 is 0 Å². The molecule has 0 aromatic heterocycles. The maximum Gasteiger partial charge on any atom is 0.325 e. The maximum absolute atomic E-state index is 11.4. The molecule has 0 radical (unpaired) electrons. The van der Waals surface area contributed by atoms with Gasteiger partial charge in [0, 0.05) is 6.08 Å². The van der Waals surface area contributed by atoms with Gasteiger partial charge in [-0.05, 0) is 23.8 Å². The second-order valence-electron chi connectivity index (χ2n) is 3.74. The van der Waals surface area contributed by atoms with Crippen LogP contribution in [0.25, 0.3) is 6.08 Å². The summed E-state index contributed by atoms with van der Waals surface area (Å²) in [5, 5.41) is 2.40. The molecule has 2 rings (SSSR count). The van der Waals surface area contributed by atoms with Crippen molar-refractivity contribution in [1.82, 2.24) is 5.32 Å². The van der Waals surface area contributed by atoms with Crippen molar-refractivity contribution in [3.05, 3.63) is 29.8 Å². The molecular formula is C13H13NO5. The van der Waals surface area contributed by atoms with Gasteiger partial charge >= 0.3 is 5.97 Å². The fourth-order valence-electron chi connectivity index (χ4n) is 1.48. The first-order chi connectivity index (χ1) is 9.19. The fourth-order valence-corrected chi connectivity index (χ4v) is 1.48. The Morgan fingerprint density at radius 1 is 1.37 bits per heavy atom. The van der Waals surface area contributed by atoms with E-state index in [2.05, 4.69) is 10.1 Å². The van der Waals surface area contributed by atoms with Crippen LogP contribution in [0.5, 0.6) is 11.5 Å². The molecule has 0 bridgehead atoms. The molecule has 0 unspecified atom stereocenters. The zero-order chi connectivity index (χ0) is 13.7. The molecule has 0 aliphatic carbocycles. The Balaban J connectivity index is 1.91. The molecule has 1 N–H and O–H groups in total. The van der Waals surface area contributed by atoms with E-state index in [9.17, 15) is 9.59 Å². The first-order valence-electron chi connectivity index (χ1n) is 5.61. The molecule has 6 heteroatoms. The summed E-state index contributed by atoms with van der Waals surface area (Å²) >= 11 is 0. The number of benzene rings is 1. The number of fused-ring (bicyclic) bond motifs is 1. The summed E-state index contributed by atoms with van der Waals surface area (Å²) in [6.07, 6.45) is 2.95. The number of carbonyl (C=O) groups excluding carboxylic acids is 2. The number of methoxy groups -OCH3 is 1. The normalized spacial score (nSPS) is 12.5. The van der Waals surface area contributed by atoms with Crippen LogP contribution < -0.4 is 14.8 Å². The quantitative estimate of drug-likeness (QED) is 0.640. The first-order valence-corrected chi connectivity index (χ1v) is 5.61. The summed E-state index contributed by atoms with van der Waals surface area (Å²) in [6, 6.07) is 5.35. The van der Waals surface area contributed by atoms with Crippen LogP contribution in [0.1, 0.15) is 5.56 Å². The Morgan fingerprint density at radius 2 is 2.16 bits per heavy atom. The smallest absolute Gasteiger partial charge is 0.325 e. The van der Waals surface area contributed by atoms with Crippen molar-refractivity contribution in [2.24, 2.45) is 0 Å². The molecule has 0 atom stereocenters. The van der Waals surface area contributed by atoms with Crippen LogP contribution in [0.4, 0.5) is 0 Å². The van der Waals surface area contributed by atoms with Gasteiger partial charge in [-0.1, -0.05) is 6.07 Å². The predicted molar refractivity (Wildman–Crippen MR) is 66.6 cm³/mol. The third-order valence-electron chi connectivity index (χ3n) is 2.46. The Morgan fingerprint density at radius 3 is 2.95 bits per heavy atom. The monoisotopic (exact) mass is 263 g/mol. The largest absolute Gasteiger partial charge is 0.468 e. The van der Waals surface area contributed by atoms with E-state index < -0.39 is 5.97 Å². The van der Waals surface area contributed by atoms with Gasteiger partial charge < -0.3 is 19.5 Å². The number of amides is 1. The highest BCUT2D eigenvalue weighted by Crippen LogP contribution is 2.32. The van der Waals surface area contributed by atoms with Crippen molar-refractivity contribution in [3.63, 3.8) is 0 Å². The highest BCUT2D eigenvalue weighted by atomic mass is 16.7. The average Bonchev–Trinajstić information content (AvgIpc) is 2.89. The van der Waals surface area contributed by atoms with Crippen molar-refractivity contribution < 1.29 is 23.8 Å². The Labute approximate surface area is 110 Å². The predicted octanol–water partition coefficient (Wildman–Crippen LogP) is 0.718. The zero-order valence-corrected chi connectivity index (χ0v) is 10.3. The van der Waals surface area contributed by atoms with Gasteiger partial charge in [0.25, 0.3) is 0 Å². The molecule has 1 aliphatic rings. The standard InChI is InChI=1S/C13H13NO5/c1-17-13(16)7-14-12(15)5-3-9-2-4-10-11(6-9)19-8-18-10/h2-6H,7-8H2,1H3,(H,14,15)/b5-3+. The lowest BCUT2D eigenvalue weighted by Gasteiger charge is -2.00. The minimum absolute atomic E-state index is 0.152. The minimum atomic E-state index is -0.496. The Bertz CT molecular complexity index is 524. The van der Waals surface area contributed by atoms with Crippen molar-refractivity contribution in [2.75, 3.05) is 20.4 Å². The van der Waals surface area contributed by atoms with Crippen LogP contribution in [0.2, 0.25) is 0 Å². The van der Waals surface area contributed by atoms with Crippen molar-refractivity contribution in [1.29, 1.82) is 0 Å². The molecule has 19 heavy (non-hydrogen) atoms. The van der Waals surface area contributed by atoms with Crippen molar-refractivity contribution in [3.8, 4) is 11.5 Å². The summed E-state index contributed by atoms with van der Waals surface area (Å²) in [6.45, 7) is 0.0585. The highest BCUT2D eigenvalue weighted by Gasteiger charge is 2.12. The first kappa shape index (κ1) is 12.9. The zero-order valence-electron chi connectivity index (χ0n) is 10.3. The second kappa shape index (κ2) is 5.90. The van der Waals surface area contributed by atoms with Gasteiger partial charge in [0.05, 0.1) is 7.11 Å². The second-order valence-corrected chi connectivity index (χ2v) is 3.74. The number of hydrogen-bond donors (Lipinski definition) is 1. The SMILES string of the molecule is COC(=O)CNC(=O)/C=C/c1ccc2c(c1)OCO2. The fraction of sp³-hybridized carbons (Fsp3) is 0.231. The molecule has 1 aromatic rings. The highest BCUT2D eigenvalue weighted by molar-refractivity contribution is 5.93. The lowest BCUT2D eigenvalue weighted by molar-refractivity contribution is -0.140. The lowest BCUT2D eigenvalue weighted by Crippen LogP contribution is -2.28. The average molecular weight is 263 g/mol. The van der Waals surface area contributed by atoms with Crippen LogP contribution in [0, 0.1) is 0 Å². The summed E-state index contributed by atoms with van der Waals surface area (Å²) in [5.41, 5.74) is 0.803. The molecular weight excluding hydrogens is 250 g/mol. The van der Waals surface area contributed by atoms with E-state index in [-0.39, 0.29) is 19.2 Å². The van der Waals surface area contributed by atoms with Crippen LogP contribution in [-0.2, 0) is 14.3 Å². The van der Waals surface area contributed by atoms with Gasteiger partial charge in [-0.25, -0.2) is 0 Å². The van der Waals surface area contributed by atoms with E-state index in [1.807, 2.05) is 0 Å². The van der Waals surface area contributed by atoms with E-state index in [0.717, 1.165) is 5.56 Å². The van der Waals surface area contributed by atoms with Crippen molar-refractivity contribution in [2.45, 2.75) is 0 Å². The number of ether oxygens (including phenoxy) is 3. The summed E-state index contributed by atoms with van der Waals surface area (Å²) < 4.78 is 14.8. The van der Waals surface area contributed by atoms with Gasteiger partial charge in [-0.15, -0.1) is 0 Å². The number of carbonyl (C=O) groups is 2. The number of esters is 1.